The van der Waals surface area contributed by atoms with Crippen LogP contribution in [-0.4, -0.2) is 13.1 Å². The van der Waals surface area contributed by atoms with E-state index in [1.165, 1.54) is 25.7 Å². The summed E-state index contributed by atoms with van der Waals surface area (Å²) in [6, 6.07) is 0. The van der Waals surface area contributed by atoms with Crippen LogP contribution < -0.4 is 11.5 Å². The highest BCUT2D eigenvalue weighted by Gasteiger charge is 2.07. The van der Waals surface area contributed by atoms with Crippen LogP contribution in [0.1, 0.15) is 46.5 Å². The summed E-state index contributed by atoms with van der Waals surface area (Å²) in [5.41, 5.74) is 11.2. The topological polar surface area (TPSA) is 52.0 Å². The first-order valence-electron chi connectivity index (χ1n) is 6.00. The Hall–Kier alpha value is -0.0800. The lowest BCUT2D eigenvalue weighted by Crippen LogP contribution is -2.13. The summed E-state index contributed by atoms with van der Waals surface area (Å²) in [7, 11) is 0. The molecule has 0 amide bonds. The van der Waals surface area contributed by atoms with Gasteiger partial charge < -0.3 is 11.5 Å². The van der Waals surface area contributed by atoms with Crippen molar-refractivity contribution < 1.29 is 0 Å². The van der Waals surface area contributed by atoms with Crippen LogP contribution in [0.3, 0.4) is 0 Å². The van der Waals surface area contributed by atoms with Gasteiger partial charge in [0.25, 0.3) is 0 Å². The lowest BCUT2D eigenvalue weighted by molar-refractivity contribution is 0.380. The highest BCUT2D eigenvalue weighted by atomic mass is 14.5. The van der Waals surface area contributed by atoms with Crippen LogP contribution >= 0.6 is 0 Å². The molecule has 0 bridgehead atoms. The molecule has 2 unspecified atom stereocenters. The largest absolute Gasteiger partial charge is 0.330 e. The Bertz CT molecular complexity index is 111. The molecule has 0 aromatic heterocycles. The van der Waals surface area contributed by atoms with E-state index >= 15 is 0 Å². The zero-order valence-electron chi connectivity index (χ0n) is 10.1. The van der Waals surface area contributed by atoms with E-state index in [1.807, 2.05) is 0 Å². The Labute approximate surface area is 89.4 Å². The van der Waals surface area contributed by atoms with Crippen LogP contribution in [0.4, 0.5) is 0 Å². The monoisotopic (exact) mass is 200 g/mol. The number of hydrogen-bond acceptors (Lipinski definition) is 2. The minimum atomic E-state index is 0.685. The van der Waals surface area contributed by atoms with E-state index in [9.17, 15) is 0 Å². The van der Waals surface area contributed by atoms with Crippen molar-refractivity contribution in [2.75, 3.05) is 13.1 Å². The number of nitrogens with two attached hydrogens (primary N) is 2. The molecule has 0 aliphatic heterocycles. The van der Waals surface area contributed by atoms with Crippen molar-refractivity contribution in [3.05, 3.63) is 0 Å². The minimum Gasteiger partial charge on any atom is -0.330 e. The van der Waals surface area contributed by atoms with Gasteiger partial charge in [0, 0.05) is 0 Å². The molecule has 14 heavy (non-hydrogen) atoms. The number of rotatable bonds is 8. The van der Waals surface area contributed by atoms with Crippen molar-refractivity contribution in [3.63, 3.8) is 0 Å². The van der Waals surface area contributed by atoms with Crippen LogP contribution in [0.15, 0.2) is 0 Å². The molecule has 2 heteroatoms. The highest BCUT2D eigenvalue weighted by molar-refractivity contribution is 4.61. The molecule has 4 N–H and O–H groups in total. The molecule has 0 saturated heterocycles. The summed E-state index contributed by atoms with van der Waals surface area (Å²) in [5.74, 6) is 2.20. The minimum absolute atomic E-state index is 0.685. The maximum Gasteiger partial charge on any atom is -0.00515 e. The lowest BCUT2D eigenvalue weighted by atomic mass is 9.92. The van der Waals surface area contributed by atoms with Gasteiger partial charge in [0.15, 0.2) is 0 Å². The Morgan fingerprint density at radius 1 is 0.643 bits per heavy atom. The second kappa shape index (κ2) is 8.25. The molecule has 0 aromatic carbocycles. The van der Waals surface area contributed by atoms with Crippen LogP contribution in [-0.2, 0) is 0 Å². The van der Waals surface area contributed by atoms with Crippen molar-refractivity contribution in [1.29, 1.82) is 0 Å². The average Bonchev–Trinajstić information content (AvgIpc) is 2.22. The van der Waals surface area contributed by atoms with E-state index in [2.05, 4.69) is 20.8 Å². The van der Waals surface area contributed by atoms with E-state index in [0.29, 0.717) is 11.8 Å². The van der Waals surface area contributed by atoms with Gasteiger partial charge >= 0.3 is 0 Å². The fourth-order valence-electron chi connectivity index (χ4n) is 1.52. The number of hydrogen-bond donors (Lipinski definition) is 2. The molecule has 86 valence electrons. The SMILES string of the molecule is CC(CN)CCC(C)CCC(C)CN. The quantitative estimate of drug-likeness (QED) is 0.632. The van der Waals surface area contributed by atoms with Gasteiger partial charge in [-0.15, -0.1) is 0 Å². The fourth-order valence-corrected chi connectivity index (χ4v) is 1.52. The third-order valence-corrected chi connectivity index (χ3v) is 3.11. The molecule has 0 radical (unpaired) electrons. The summed E-state index contributed by atoms with van der Waals surface area (Å²) in [4.78, 5) is 0. The molecule has 0 fully saturated rings. The fraction of sp³-hybridized carbons (Fsp3) is 1.00. The van der Waals surface area contributed by atoms with E-state index in [-0.39, 0.29) is 0 Å². The highest BCUT2D eigenvalue weighted by Crippen LogP contribution is 2.18. The molecule has 2 nitrogen and oxygen atoms in total. The second-order valence-corrected chi connectivity index (χ2v) is 4.94. The van der Waals surface area contributed by atoms with E-state index in [1.54, 1.807) is 0 Å². The summed E-state index contributed by atoms with van der Waals surface area (Å²) in [6.45, 7) is 8.45. The Morgan fingerprint density at radius 3 is 1.21 bits per heavy atom. The zero-order valence-corrected chi connectivity index (χ0v) is 10.1. The van der Waals surface area contributed by atoms with Crippen molar-refractivity contribution in [2.45, 2.75) is 46.5 Å². The second-order valence-electron chi connectivity index (χ2n) is 4.94. The molecule has 0 rings (SSSR count). The summed E-state index contributed by atoms with van der Waals surface area (Å²) in [5, 5.41) is 0. The molecular weight excluding hydrogens is 172 g/mol. The van der Waals surface area contributed by atoms with Crippen molar-refractivity contribution in [3.8, 4) is 0 Å². The zero-order chi connectivity index (χ0) is 11.0. The van der Waals surface area contributed by atoms with E-state index in [0.717, 1.165) is 19.0 Å². The Balaban J connectivity index is 3.40. The predicted octanol–water partition coefficient (Wildman–Crippen LogP) is 2.37. The van der Waals surface area contributed by atoms with E-state index < -0.39 is 0 Å². The van der Waals surface area contributed by atoms with Crippen LogP contribution in [0.25, 0.3) is 0 Å². The molecular formula is C12H28N2. The lowest BCUT2D eigenvalue weighted by Gasteiger charge is -2.16. The first-order valence-corrected chi connectivity index (χ1v) is 6.00. The van der Waals surface area contributed by atoms with Gasteiger partial charge in [-0.1, -0.05) is 33.6 Å². The molecule has 2 atom stereocenters. The van der Waals surface area contributed by atoms with Crippen LogP contribution in [0.2, 0.25) is 0 Å². The summed E-state index contributed by atoms with van der Waals surface area (Å²) >= 11 is 0. The molecule has 0 saturated carbocycles. The third-order valence-electron chi connectivity index (χ3n) is 3.11. The van der Waals surface area contributed by atoms with Gasteiger partial charge in [0.05, 0.1) is 0 Å². The standard InChI is InChI=1S/C12H28N2/c1-10(4-6-11(2)8-13)5-7-12(3)9-14/h10-12H,4-9,13-14H2,1-3H3. The predicted molar refractivity (Wildman–Crippen MR) is 64.1 cm³/mol. The van der Waals surface area contributed by atoms with Gasteiger partial charge in [-0.25, -0.2) is 0 Å². The van der Waals surface area contributed by atoms with Crippen molar-refractivity contribution in [1.82, 2.24) is 0 Å². The molecule has 0 aromatic rings. The third kappa shape index (κ3) is 7.34. The van der Waals surface area contributed by atoms with Gasteiger partial charge in [-0.3, -0.25) is 0 Å². The van der Waals surface area contributed by atoms with Crippen molar-refractivity contribution >= 4 is 0 Å². The first kappa shape index (κ1) is 13.9. The normalized spacial score (nSPS) is 17.8. The maximum atomic E-state index is 5.59. The van der Waals surface area contributed by atoms with Gasteiger partial charge in [0.2, 0.25) is 0 Å². The van der Waals surface area contributed by atoms with Gasteiger partial charge in [-0.2, -0.15) is 0 Å². The van der Waals surface area contributed by atoms with Crippen molar-refractivity contribution in [2.24, 2.45) is 29.2 Å². The smallest absolute Gasteiger partial charge is 0.00515 e. The van der Waals surface area contributed by atoms with Gasteiger partial charge in [0.1, 0.15) is 0 Å². The van der Waals surface area contributed by atoms with E-state index in [4.69, 9.17) is 11.5 Å². The Morgan fingerprint density at radius 2 is 0.929 bits per heavy atom. The summed E-state index contributed by atoms with van der Waals surface area (Å²) < 4.78 is 0. The molecule has 0 aliphatic rings. The molecule has 0 spiro atoms. The van der Waals surface area contributed by atoms with Crippen LogP contribution in [0.5, 0.6) is 0 Å². The first-order chi connectivity index (χ1) is 6.60. The summed E-state index contributed by atoms with van der Waals surface area (Å²) in [6.07, 6.45) is 5.18. The van der Waals surface area contributed by atoms with Gasteiger partial charge in [-0.05, 0) is 43.7 Å². The average molecular weight is 200 g/mol. The van der Waals surface area contributed by atoms with Crippen LogP contribution in [0, 0.1) is 17.8 Å². The maximum absolute atomic E-state index is 5.59. The Kier molecular flexibility index (Phi) is 8.20. The molecule has 0 heterocycles. The molecule has 0 aliphatic carbocycles.